The summed E-state index contributed by atoms with van der Waals surface area (Å²) < 4.78 is -1.74. The van der Waals surface area contributed by atoms with Crippen LogP contribution >= 0.6 is 46.4 Å². The summed E-state index contributed by atoms with van der Waals surface area (Å²) in [6.07, 6.45) is 0. The first-order chi connectivity index (χ1) is 11.8. The van der Waals surface area contributed by atoms with Gasteiger partial charge in [-0.05, 0) is 37.4 Å². The predicted octanol–water partition coefficient (Wildman–Crippen LogP) is 4.77. The number of hydrogen-bond acceptors (Lipinski definition) is 5. The van der Waals surface area contributed by atoms with Crippen LogP contribution < -0.4 is 5.32 Å². The Morgan fingerprint density at radius 3 is 2.20 bits per heavy atom. The molecule has 0 amide bonds. The van der Waals surface area contributed by atoms with Crippen LogP contribution in [0.4, 0.5) is 5.95 Å². The zero-order chi connectivity index (χ0) is 18.4. The summed E-state index contributed by atoms with van der Waals surface area (Å²) in [5.74, 6) is 0.856. The van der Waals surface area contributed by atoms with Gasteiger partial charge in [-0.3, -0.25) is 0 Å². The lowest BCUT2D eigenvalue weighted by Gasteiger charge is -2.18. The van der Waals surface area contributed by atoms with Crippen molar-refractivity contribution in [2.45, 2.75) is 17.6 Å². The standard InChI is InChI=1S/C16H19Cl4N5/c1-3-25(4-2)10-9-21-15-23-13(11-5-7-12(17)8-6-11)22-14(24-15)16(18,19)20/h5-8H,3-4,9-10H2,1-2H3,(H,21,22,23,24). The minimum absolute atomic E-state index is 0.0720. The van der Waals surface area contributed by atoms with Gasteiger partial charge in [0.2, 0.25) is 9.74 Å². The number of likely N-dealkylation sites (N-methyl/N-ethyl adjacent to an activating group) is 1. The topological polar surface area (TPSA) is 53.9 Å². The third kappa shape index (κ3) is 6.12. The maximum atomic E-state index is 5.97. The monoisotopic (exact) mass is 421 g/mol. The Kier molecular flexibility index (Phi) is 7.52. The van der Waals surface area contributed by atoms with Gasteiger partial charge in [-0.15, -0.1) is 0 Å². The molecule has 0 atom stereocenters. The van der Waals surface area contributed by atoms with Gasteiger partial charge in [0.15, 0.2) is 11.6 Å². The van der Waals surface area contributed by atoms with E-state index in [9.17, 15) is 0 Å². The van der Waals surface area contributed by atoms with E-state index in [4.69, 9.17) is 46.4 Å². The van der Waals surface area contributed by atoms with Crippen molar-refractivity contribution in [1.82, 2.24) is 19.9 Å². The van der Waals surface area contributed by atoms with Gasteiger partial charge in [-0.25, -0.2) is 4.98 Å². The van der Waals surface area contributed by atoms with E-state index in [2.05, 4.69) is 39.0 Å². The summed E-state index contributed by atoms with van der Waals surface area (Å²) in [7, 11) is 0. The molecule has 0 radical (unpaired) electrons. The largest absolute Gasteiger partial charge is 0.353 e. The molecule has 0 spiro atoms. The van der Waals surface area contributed by atoms with E-state index in [1.807, 2.05) is 0 Å². The van der Waals surface area contributed by atoms with Gasteiger partial charge in [0, 0.05) is 23.7 Å². The molecule has 0 saturated carbocycles. The molecule has 9 heteroatoms. The molecule has 0 bridgehead atoms. The fourth-order valence-corrected chi connectivity index (χ4v) is 2.56. The lowest BCUT2D eigenvalue weighted by molar-refractivity contribution is 0.316. The summed E-state index contributed by atoms with van der Waals surface area (Å²) in [6.45, 7) is 7.72. The second-order valence-electron chi connectivity index (χ2n) is 5.26. The quantitative estimate of drug-likeness (QED) is 0.651. The average Bonchev–Trinajstić information content (AvgIpc) is 2.58. The molecule has 2 aromatic rings. The molecule has 1 heterocycles. The number of benzene rings is 1. The van der Waals surface area contributed by atoms with Crippen LogP contribution in [0, 0.1) is 0 Å². The fourth-order valence-electron chi connectivity index (χ4n) is 2.18. The fraction of sp³-hybridized carbons (Fsp3) is 0.438. The van der Waals surface area contributed by atoms with Crippen molar-refractivity contribution >= 4 is 52.4 Å². The first kappa shape index (κ1) is 20.5. The van der Waals surface area contributed by atoms with Gasteiger partial charge in [0.05, 0.1) is 0 Å². The lowest BCUT2D eigenvalue weighted by Crippen LogP contribution is -2.29. The van der Waals surface area contributed by atoms with Crippen LogP contribution in [0.1, 0.15) is 19.7 Å². The van der Waals surface area contributed by atoms with Gasteiger partial charge in [0.1, 0.15) is 0 Å². The zero-order valence-corrected chi connectivity index (χ0v) is 17.0. The van der Waals surface area contributed by atoms with Gasteiger partial charge in [-0.2, -0.15) is 9.97 Å². The number of alkyl halides is 3. The number of aromatic nitrogens is 3. The summed E-state index contributed by atoms with van der Waals surface area (Å²) in [4.78, 5) is 15.2. The number of anilines is 1. The van der Waals surface area contributed by atoms with Crippen molar-refractivity contribution in [1.29, 1.82) is 0 Å². The third-order valence-corrected chi connectivity index (χ3v) is 4.36. The van der Waals surface area contributed by atoms with Crippen molar-refractivity contribution in [3.05, 3.63) is 35.1 Å². The van der Waals surface area contributed by atoms with Crippen molar-refractivity contribution in [2.75, 3.05) is 31.5 Å². The molecule has 136 valence electrons. The van der Waals surface area contributed by atoms with Crippen LogP contribution in [0.3, 0.4) is 0 Å². The smallest absolute Gasteiger partial charge is 0.250 e. The molecule has 0 aliphatic rings. The molecule has 2 rings (SSSR count). The second-order valence-corrected chi connectivity index (χ2v) is 7.98. The van der Waals surface area contributed by atoms with Gasteiger partial charge >= 0.3 is 0 Å². The molecule has 1 aromatic heterocycles. The number of halogens is 4. The molecule has 5 nitrogen and oxygen atoms in total. The molecule has 0 saturated heterocycles. The van der Waals surface area contributed by atoms with E-state index in [1.54, 1.807) is 24.3 Å². The van der Waals surface area contributed by atoms with Crippen LogP contribution in [0.2, 0.25) is 5.02 Å². The predicted molar refractivity (Wildman–Crippen MR) is 106 cm³/mol. The van der Waals surface area contributed by atoms with E-state index in [-0.39, 0.29) is 5.82 Å². The Bertz CT molecular complexity index is 684. The molecule has 0 aliphatic heterocycles. The van der Waals surface area contributed by atoms with E-state index in [1.165, 1.54) is 0 Å². The summed E-state index contributed by atoms with van der Waals surface area (Å²) in [5, 5.41) is 3.79. The Balaban J connectivity index is 2.26. The van der Waals surface area contributed by atoms with E-state index in [0.717, 1.165) is 25.2 Å². The molecular formula is C16H19Cl4N5. The highest BCUT2D eigenvalue weighted by Crippen LogP contribution is 2.36. The average molecular weight is 423 g/mol. The molecular weight excluding hydrogens is 404 g/mol. The normalized spacial score (nSPS) is 11.8. The first-order valence-corrected chi connectivity index (χ1v) is 9.40. The molecule has 0 fully saturated rings. The Labute approximate surface area is 167 Å². The van der Waals surface area contributed by atoms with Crippen molar-refractivity contribution in [3.63, 3.8) is 0 Å². The van der Waals surface area contributed by atoms with Crippen LogP contribution in [0.5, 0.6) is 0 Å². The number of rotatable bonds is 7. The van der Waals surface area contributed by atoms with Gasteiger partial charge in [0.25, 0.3) is 0 Å². The Morgan fingerprint density at radius 1 is 1.00 bits per heavy atom. The Hall–Kier alpha value is -0.850. The minimum Gasteiger partial charge on any atom is -0.353 e. The van der Waals surface area contributed by atoms with Crippen LogP contribution in [-0.4, -0.2) is 46.0 Å². The minimum atomic E-state index is -1.74. The SMILES string of the molecule is CCN(CC)CCNc1nc(-c2ccc(Cl)cc2)nc(C(Cl)(Cl)Cl)n1. The summed E-state index contributed by atoms with van der Waals surface area (Å²) in [6, 6.07) is 7.12. The Morgan fingerprint density at radius 2 is 1.64 bits per heavy atom. The highest BCUT2D eigenvalue weighted by molar-refractivity contribution is 6.66. The van der Waals surface area contributed by atoms with Crippen LogP contribution in [0.15, 0.2) is 24.3 Å². The molecule has 1 N–H and O–H groups in total. The second kappa shape index (κ2) is 9.19. The number of nitrogens with one attached hydrogen (secondary N) is 1. The highest BCUT2D eigenvalue weighted by Gasteiger charge is 2.28. The molecule has 0 unspecified atom stereocenters. The zero-order valence-electron chi connectivity index (χ0n) is 13.9. The third-order valence-electron chi connectivity index (χ3n) is 3.60. The molecule has 25 heavy (non-hydrogen) atoms. The van der Waals surface area contributed by atoms with E-state index in [0.29, 0.717) is 23.3 Å². The van der Waals surface area contributed by atoms with Crippen molar-refractivity contribution in [2.24, 2.45) is 0 Å². The highest BCUT2D eigenvalue weighted by atomic mass is 35.6. The van der Waals surface area contributed by atoms with E-state index >= 15 is 0 Å². The summed E-state index contributed by atoms with van der Waals surface area (Å²) >= 11 is 23.8. The lowest BCUT2D eigenvalue weighted by atomic mass is 10.2. The van der Waals surface area contributed by atoms with Crippen molar-refractivity contribution in [3.8, 4) is 11.4 Å². The van der Waals surface area contributed by atoms with E-state index < -0.39 is 3.79 Å². The van der Waals surface area contributed by atoms with Crippen molar-refractivity contribution < 1.29 is 0 Å². The first-order valence-electron chi connectivity index (χ1n) is 7.89. The van der Waals surface area contributed by atoms with Gasteiger partial charge in [-0.1, -0.05) is 60.3 Å². The maximum absolute atomic E-state index is 5.97. The van der Waals surface area contributed by atoms with Crippen LogP contribution in [-0.2, 0) is 3.79 Å². The summed E-state index contributed by atoms with van der Waals surface area (Å²) in [5.41, 5.74) is 0.758. The molecule has 1 aromatic carbocycles. The van der Waals surface area contributed by atoms with Crippen LogP contribution in [0.25, 0.3) is 11.4 Å². The maximum Gasteiger partial charge on any atom is 0.250 e. The number of hydrogen-bond donors (Lipinski definition) is 1. The van der Waals surface area contributed by atoms with Gasteiger partial charge < -0.3 is 10.2 Å². The number of nitrogens with zero attached hydrogens (tertiary/aromatic N) is 4. The molecule has 0 aliphatic carbocycles.